The molecule has 0 saturated carbocycles. The summed E-state index contributed by atoms with van der Waals surface area (Å²) in [5.74, 6) is -0.648. The van der Waals surface area contributed by atoms with Crippen molar-refractivity contribution in [1.29, 1.82) is 0 Å². The van der Waals surface area contributed by atoms with Crippen LogP contribution in [-0.2, 0) is 4.79 Å². The fourth-order valence-corrected chi connectivity index (χ4v) is 2.12. The number of ether oxygens (including phenoxy) is 1. The molecule has 0 aliphatic carbocycles. The molecule has 0 spiro atoms. The predicted molar refractivity (Wildman–Crippen MR) is 68.2 cm³/mol. The molecule has 3 N–H and O–H groups in total. The van der Waals surface area contributed by atoms with Crippen LogP contribution in [0.4, 0.5) is 0 Å². The highest BCUT2D eigenvalue weighted by Crippen LogP contribution is 2.34. The van der Waals surface area contributed by atoms with Crippen molar-refractivity contribution in [3.8, 4) is 16.2 Å². The fraction of sp³-hybridized carbons (Fsp3) is 0.167. The second-order valence-electron chi connectivity index (χ2n) is 3.57. The first kappa shape index (κ1) is 12.7. The highest BCUT2D eigenvalue weighted by Gasteiger charge is 2.18. The quantitative estimate of drug-likeness (QED) is 0.806. The van der Waals surface area contributed by atoms with Crippen LogP contribution in [0.3, 0.4) is 0 Å². The summed E-state index contributed by atoms with van der Waals surface area (Å²) >= 11 is 1.29. The molecule has 0 aliphatic rings. The summed E-state index contributed by atoms with van der Waals surface area (Å²) in [4.78, 5) is 15.5. The zero-order chi connectivity index (χ0) is 13.0. The number of carbonyl (C=O) groups is 1. The minimum absolute atomic E-state index is 0.438. The number of hydrogen-bond acceptors (Lipinski definition) is 6. The van der Waals surface area contributed by atoms with Crippen LogP contribution in [0, 0.1) is 0 Å². The van der Waals surface area contributed by atoms with Gasteiger partial charge in [0.2, 0.25) is 0 Å². The number of aliphatic hydroxyl groups excluding tert-OH is 1. The summed E-state index contributed by atoms with van der Waals surface area (Å²) in [7, 11) is 0. The normalized spacial score (nSPS) is 12.1. The van der Waals surface area contributed by atoms with Crippen molar-refractivity contribution >= 4 is 17.3 Å². The molecule has 0 fully saturated rings. The van der Waals surface area contributed by atoms with Gasteiger partial charge in [0.05, 0.1) is 6.61 Å². The Bertz CT molecular complexity index is 527. The average molecular weight is 264 g/mol. The van der Waals surface area contributed by atoms with Gasteiger partial charge in [-0.05, 0) is 17.5 Å². The van der Waals surface area contributed by atoms with Crippen LogP contribution in [0.5, 0.6) is 5.06 Å². The van der Waals surface area contributed by atoms with Crippen LogP contribution in [0.25, 0.3) is 11.1 Å². The second kappa shape index (κ2) is 5.72. The monoisotopic (exact) mass is 264 g/mol. The molecule has 0 unspecified atom stereocenters. The first-order valence-electron chi connectivity index (χ1n) is 5.28. The molecule has 2 aromatic rings. The molecule has 1 atom stereocenters. The molecule has 2 aromatic heterocycles. The van der Waals surface area contributed by atoms with E-state index in [1.807, 2.05) is 17.5 Å². The SMILES string of the molecule is N[C@@H](CO)C(=O)Oc1sccc1-c1cccnc1. The number of esters is 1. The van der Waals surface area contributed by atoms with Gasteiger partial charge in [0.25, 0.3) is 0 Å². The van der Waals surface area contributed by atoms with Gasteiger partial charge in [-0.25, -0.2) is 4.79 Å². The van der Waals surface area contributed by atoms with Crippen molar-refractivity contribution in [2.24, 2.45) is 5.73 Å². The van der Waals surface area contributed by atoms with Crippen molar-refractivity contribution in [2.45, 2.75) is 6.04 Å². The first-order valence-corrected chi connectivity index (χ1v) is 6.16. The molecule has 18 heavy (non-hydrogen) atoms. The molecular formula is C12H12N2O3S. The van der Waals surface area contributed by atoms with Crippen LogP contribution in [0.2, 0.25) is 0 Å². The Morgan fingerprint density at radius 1 is 1.56 bits per heavy atom. The smallest absolute Gasteiger partial charge is 0.331 e. The highest BCUT2D eigenvalue weighted by atomic mass is 32.1. The Morgan fingerprint density at radius 2 is 2.39 bits per heavy atom. The number of nitrogens with zero attached hydrogens (tertiary/aromatic N) is 1. The molecule has 0 amide bonds. The zero-order valence-electron chi connectivity index (χ0n) is 9.45. The van der Waals surface area contributed by atoms with E-state index in [9.17, 15) is 4.79 Å². The third kappa shape index (κ3) is 2.73. The first-order chi connectivity index (χ1) is 8.72. The van der Waals surface area contributed by atoms with E-state index in [0.717, 1.165) is 11.1 Å². The maximum absolute atomic E-state index is 11.5. The van der Waals surface area contributed by atoms with Gasteiger partial charge in [-0.3, -0.25) is 4.98 Å². The van der Waals surface area contributed by atoms with Gasteiger partial charge in [0.1, 0.15) is 6.04 Å². The van der Waals surface area contributed by atoms with Gasteiger partial charge in [-0.2, -0.15) is 0 Å². The van der Waals surface area contributed by atoms with Gasteiger partial charge in [-0.1, -0.05) is 6.07 Å². The molecule has 0 aromatic carbocycles. The molecule has 94 valence electrons. The number of rotatable bonds is 4. The molecule has 5 nitrogen and oxygen atoms in total. The Balaban J connectivity index is 2.21. The van der Waals surface area contributed by atoms with Gasteiger partial charge < -0.3 is 15.6 Å². The van der Waals surface area contributed by atoms with E-state index in [2.05, 4.69) is 4.98 Å². The minimum Gasteiger partial charge on any atom is -0.414 e. The number of thiophene rings is 1. The Labute approximate surface area is 108 Å². The summed E-state index contributed by atoms with van der Waals surface area (Å²) < 4.78 is 5.16. The number of aliphatic hydroxyl groups is 1. The summed E-state index contributed by atoms with van der Waals surface area (Å²) in [6.45, 7) is -0.438. The Morgan fingerprint density at radius 3 is 3.06 bits per heavy atom. The van der Waals surface area contributed by atoms with Crippen molar-refractivity contribution in [2.75, 3.05) is 6.61 Å². The molecule has 2 heterocycles. The van der Waals surface area contributed by atoms with Gasteiger partial charge in [-0.15, -0.1) is 11.3 Å². The van der Waals surface area contributed by atoms with Gasteiger partial charge in [0.15, 0.2) is 5.06 Å². The number of carbonyl (C=O) groups excluding carboxylic acids is 1. The number of nitrogens with two attached hydrogens (primary N) is 1. The van der Waals surface area contributed by atoms with E-state index in [0.29, 0.717) is 5.06 Å². The minimum atomic E-state index is -1.02. The zero-order valence-corrected chi connectivity index (χ0v) is 10.3. The molecule has 0 bridgehead atoms. The highest BCUT2D eigenvalue weighted by molar-refractivity contribution is 7.12. The van der Waals surface area contributed by atoms with Crippen molar-refractivity contribution in [3.63, 3.8) is 0 Å². The third-order valence-electron chi connectivity index (χ3n) is 2.29. The predicted octanol–water partition coefficient (Wildman–Crippen LogP) is 1.04. The maximum atomic E-state index is 11.5. The van der Waals surface area contributed by atoms with E-state index in [1.54, 1.807) is 18.5 Å². The molecule has 2 rings (SSSR count). The molecule has 6 heteroatoms. The lowest BCUT2D eigenvalue weighted by molar-refractivity contribution is -0.136. The van der Waals surface area contributed by atoms with Crippen molar-refractivity contribution in [1.82, 2.24) is 4.98 Å². The van der Waals surface area contributed by atoms with Crippen LogP contribution < -0.4 is 10.5 Å². The standard InChI is InChI=1S/C12H12N2O3S/c13-10(7-15)11(16)17-12-9(3-5-18-12)8-2-1-4-14-6-8/h1-6,10,15H,7,13H2/t10-/m0/s1. The molecule has 0 aliphatic heterocycles. The summed E-state index contributed by atoms with van der Waals surface area (Å²) in [6.07, 6.45) is 3.36. The van der Waals surface area contributed by atoms with Crippen LogP contribution in [0.1, 0.15) is 0 Å². The van der Waals surface area contributed by atoms with Gasteiger partial charge >= 0.3 is 5.97 Å². The second-order valence-corrected chi connectivity index (χ2v) is 4.45. The topological polar surface area (TPSA) is 85.4 Å². The molecule has 0 saturated heterocycles. The molecular weight excluding hydrogens is 252 g/mol. The third-order valence-corrected chi connectivity index (χ3v) is 3.08. The molecule has 0 radical (unpaired) electrons. The Kier molecular flexibility index (Phi) is 4.03. The van der Waals surface area contributed by atoms with E-state index in [1.165, 1.54) is 11.3 Å². The van der Waals surface area contributed by atoms with Crippen molar-refractivity contribution < 1.29 is 14.6 Å². The van der Waals surface area contributed by atoms with Crippen molar-refractivity contribution in [3.05, 3.63) is 36.0 Å². The maximum Gasteiger partial charge on any atom is 0.331 e. The van der Waals surface area contributed by atoms with Crippen LogP contribution in [0.15, 0.2) is 36.0 Å². The lowest BCUT2D eigenvalue weighted by atomic mass is 10.1. The summed E-state index contributed by atoms with van der Waals surface area (Å²) in [5, 5.41) is 11.1. The van der Waals surface area contributed by atoms with Gasteiger partial charge in [0, 0.05) is 23.5 Å². The van der Waals surface area contributed by atoms with Crippen LogP contribution in [-0.4, -0.2) is 28.7 Å². The largest absolute Gasteiger partial charge is 0.414 e. The van der Waals surface area contributed by atoms with Crippen LogP contribution >= 0.6 is 11.3 Å². The number of aromatic nitrogens is 1. The number of pyridine rings is 1. The summed E-state index contributed by atoms with van der Waals surface area (Å²) in [5.41, 5.74) is 7.03. The number of hydrogen-bond donors (Lipinski definition) is 2. The summed E-state index contributed by atoms with van der Waals surface area (Å²) in [6, 6.07) is 4.50. The Hall–Kier alpha value is -1.76. The lowest BCUT2D eigenvalue weighted by Gasteiger charge is -2.08. The average Bonchev–Trinajstić information content (AvgIpc) is 2.86. The van der Waals surface area contributed by atoms with E-state index in [4.69, 9.17) is 15.6 Å². The van der Waals surface area contributed by atoms with E-state index in [-0.39, 0.29) is 0 Å². The fourth-order valence-electron chi connectivity index (χ4n) is 1.35. The lowest BCUT2D eigenvalue weighted by Crippen LogP contribution is -2.37. The van der Waals surface area contributed by atoms with E-state index < -0.39 is 18.6 Å². The van der Waals surface area contributed by atoms with E-state index >= 15 is 0 Å².